The highest BCUT2D eigenvalue weighted by Gasteiger charge is 2.62. The topological polar surface area (TPSA) is 97.6 Å². The van der Waals surface area contributed by atoms with E-state index >= 15 is 0 Å². The molecule has 3 heterocycles. The van der Waals surface area contributed by atoms with Gasteiger partial charge >= 0.3 is 17.8 Å². The smallest absolute Gasteiger partial charge is 0.434 e. The molecule has 2 aliphatic heterocycles. The van der Waals surface area contributed by atoms with Crippen molar-refractivity contribution < 1.29 is 27.6 Å². The number of rotatable bonds is 4. The van der Waals surface area contributed by atoms with Gasteiger partial charge in [0.05, 0.1) is 15.9 Å². The summed E-state index contributed by atoms with van der Waals surface area (Å²) in [5.41, 5.74) is -0.241. The molecule has 0 amide bonds. The molecule has 1 spiro atoms. The van der Waals surface area contributed by atoms with Crippen molar-refractivity contribution in [2.24, 2.45) is 5.41 Å². The number of nitrogens with one attached hydrogen (secondary N) is 1. The van der Waals surface area contributed by atoms with Gasteiger partial charge in [-0.25, -0.2) is 9.78 Å². The van der Waals surface area contributed by atoms with Crippen LogP contribution in [0.25, 0.3) is 11.1 Å². The lowest BCUT2D eigenvalue weighted by Gasteiger charge is -2.60. The second-order valence-electron chi connectivity index (χ2n) is 7.00. The first-order chi connectivity index (χ1) is 13.7. The summed E-state index contributed by atoms with van der Waals surface area (Å²) in [6.45, 7) is 0.860. The average Bonchev–Trinajstić information content (AvgIpc) is 2.63. The van der Waals surface area contributed by atoms with E-state index in [4.69, 9.17) is 4.74 Å². The van der Waals surface area contributed by atoms with Crippen LogP contribution in [0.1, 0.15) is 0 Å². The number of hydrogen-bond acceptors (Lipinski definition) is 7. The van der Waals surface area contributed by atoms with E-state index < -0.39 is 28.7 Å². The Morgan fingerprint density at radius 1 is 1.28 bits per heavy atom. The fraction of sp³-hybridized carbons (Fsp3) is 0.333. The summed E-state index contributed by atoms with van der Waals surface area (Å²) in [5, 5.41) is 14.8. The largest absolute Gasteiger partial charge is 0.491 e. The summed E-state index contributed by atoms with van der Waals surface area (Å²) in [4.78, 5) is 27.9. The maximum atomic E-state index is 12.7. The van der Waals surface area contributed by atoms with Crippen molar-refractivity contribution in [2.75, 3.05) is 24.5 Å². The van der Waals surface area contributed by atoms with Gasteiger partial charge in [-0.1, -0.05) is 30.3 Å². The number of esters is 1. The lowest BCUT2D eigenvalue weighted by molar-refractivity contribution is -0.383. The zero-order valence-corrected chi connectivity index (χ0v) is 14.8. The molecule has 1 atom stereocenters. The summed E-state index contributed by atoms with van der Waals surface area (Å²) in [6, 6.07) is 10.0. The summed E-state index contributed by atoms with van der Waals surface area (Å²) >= 11 is 0. The van der Waals surface area contributed by atoms with Crippen molar-refractivity contribution >= 4 is 17.5 Å². The normalized spacial score (nSPS) is 20.0. The number of anilines is 1. The number of benzene rings is 1. The third-order valence-corrected chi connectivity index (χ3v) is 5.14. The zero-order chi connectivity index (χ0) is 20.8. The van der Waals surface area contributed by atoms with Crippen molar-refractivity contribution in [2.45, 2.75) is 12.4 Å². The van der Waals surface area contributed by atoms with Gasteiger partial charge in [-0.3, -0.25) is 10.1 Å². The Kier molecular flexibility index (Phi) is 4.41. The second kappa shape index (κ2) is 6.69. The number of hydrogen-bond donors (Lipinski definition) is 1. The van der Waals surface area contributed by atoms with E-state index in [0.717, 1.165) is 0 Å². The van der Waals surface area contributed by atoms with Gasteiger partial charge in [0.25, 0.3) is 0 Å². The minimum atomic E-state index is -5.16. The van der Waals surface area contributed by atoms with Crippen LogP contribution in [0.5, 0.6) is 0 Å². The highest BCUT2D eigenvalue weighted by Crippen LogP contribution is 2.48. The van der Waals surface area contributed by atoms with Crippen molar-refractivity contribution in [3.8, 4) is 11.1 Å². The maximum absolute atomic E-state index is 12.7. The maximum Gasteiger partial charge on any atom is 0.491 e. The third-order valence-electron chi connectivity index (χ3n) is 5.14. The molecule has 11 heteroatoms. The molecule has 8 nitrogen and oxygen atoms in total. The standard InChI is InChI=1S/C18H15F3N4O4/c19-18(20,21)16(26)29-15-17(8-22-9-17)10-24(15)14-13(25(27)28)12(6-7-23-14)11-4-2-1-3-5-11/h1-7,15,22H,8-10H2. The number of nitro groups is 1. The van der Waals surface area contributed by atoms with Crippen LogP contribution in [-0.2, 0) is 9.53 Å². The molecule has 1 N–H and O–H groups in total. The molecule has 152 valence electrons. The summed E-state index contributed by atoms with van der Waals surface area (Å²) < 4.78 is 42.9. The fourth-order valence-electron chi connectivity index (χ4n) is 3.68. The minimum Gasteiger partial charge on any atom is -0.434 e. The lowest BCUT2D eigenvalue weighted by atomic mass is 9.72. The van der Waals surface area contributed by atoms with Crippen LogP contribution in [0, 0.1) is 15.5 Å². The number of carbonyl (C=O) groups is 1. The third kappa shape index (κ3) is 3.16. The van der Waals surface area contributed by atoms with Crippen LogP contribution in [0.2, 0.25) is 0 Å². The molecule has 1 unspecified atom stereocenters. The Bertz CT molecular complexity index is 963. The monoisotopic (exact) mass is 408 g/mol. The van der Waals surface area contributed by atoms with E-state index in [-0.39, 0.29) is 23.6 Å². The van der Waals surface area contributed by atoms with E-state index in [1.807, 2.05) is 0 Å². The molecule has 29 heavy (non-hydrogen) atoms. The fourth-order valence-corrected chi connectivity index (χ4v) is 3.68. The molecule has 2 aliphatic rings. The van der Waals surface area contributed by atoms with Gasteiger partial charge in [0.15, 0.2) is 6.23 Å². The van der Waals surface area contributed by atoms with Gasteiger partial charge < -0.3 is 15.0 Å². The summed E-state index contributed by atoms with van der Waals surface area (Å²) in [5.74, 6) is -2.46. The molecule has 1 aromatic carbocycles. The van der Waals surface area contributed by atoms with Crippen LogP contribution >= 0.6 is 0 Å². The number of aromatic nitrogens is 1. The van der Waals surface area contributed by atoms with Crippen LogP contribution in [0.15, 0.2) is 42.6 Å². The van der Waals surface area contributed by atoms with Gasteiger partial charge in [0, 0.05) is 25.8 Å². The van der Waals surface area contributed by atoms with Gasteiger partial charge in [-0.05, 0) is 11.6 Å². The molecule has 0 aliphatic carbocycles. The summed E-state index contributed by atoms with van der Waals surface area (Å²) in [6.07, 6.45) is -5.11. The van der Waals surface area contributed by atoms with Gasteiger partial charge in [-0.2, -0.15) is 13.2 Å². The molecule has 2 fully saturated rings. The Labute approximate surface area is 162 Å². The first-order valence-electron chi connectivity index (χ1n) is 8.67. The molecule has 0 saturated carbocycles. The Morgan fingerprint density at radius 3 is 2.52 bits per heavy atom. The van der Waals surface area contributed by atoms with Crippen LogP contribution in [0.3, 0.4) is 0 Å². The molecule has 0 radical (unpaired) electrons. The molecular weight excluding hydrogens is 393 g/mol. The van der Waals surface area contributed by atoms with Crippen LogP contribution in [-0.4, -0.2) is 47.9 Å². The number of carbonyl (C=O) groups excluding carboxylic acids is 1. The number of ether oxygens (including phenoxy) is 1. The Balaban J connectivity index is 1.74. The number of nitrogens with zero attached hydrogens (tertiary/aromatic N) is 3. The quantitative estimate of drug-likeness (QED) is 0.472. The van der Waals surface area contributed by atoms with Crippen LogP contribution < -0.4 is 10.2 Å². The number of pyridine rings is 1. The lowest BCUT2D eigenvalue weighted by Crippen LogP contribution is -2.78. The van der Waals surface area contributed by atoms with Crippen molar-refractivity contribution in [3.05, 3.63) is 52.7 Å². The molecule has 1 aromatic heterocycles. The van der Waals surface area contributed by atoms with E-state index in [1.165, 1.54) is 17.2 Å². The van der Waals surface area contributed by atoms with Crippen molar-refractivity contribution in [3.63, 3.8) is 0 Å². The molecular formula is C18H15F3N4O4. The van der Waals surface area contributed by atoms with E-state index in [2.05, 4.69) is 10.3 Å². The SMILES string of the molecule is O=C(OC1N(c2nccc(-c3ccccc3)c2[N+](=O)[O-])CC12CNC2)C(F)(F)F. The van der Waals surface area contributed by atoms with E-state index in [9.17, 15) is 28.1 Å². The highest BCUT2D eigenvalue weighted by atomic mass is 19.4. The predicted molar refractivity (Wildman–Crippen MR) is 94.9 cm³/mol. The molecule has 2 aromatic rings. The zero-order valence-electron chi connectivity index (χ0n) is 14.8. The average molecular weight is 408 g/mol. The van der Waals surface area contributed by atoms with E-state index in [1.54, 1.807) is 30.3 Å². The molecule has 2 saturated heterocycles. The minimum absolute atomic E-state index is 0.131. The Hall–Kier alpha value is -3.21. The van der Waals surface area contributed by atoms with Gasteiger partial charge in [0.1, 0.15) is 0 Å². The first-order valence-corrected chi connectivity index (χ1v) is 8.67. The first kappa shape index (κ1) is 19.1. The highest BCUT2D eigenvalue weighted by molar-refractivity contribution is 5.82. The van der Waals surface area contributed by atoms with Crippen molar-refractivity contribution in [1.82, 2.24) is 10.3 Å². The van der Waals surface area contributed by atoms with Gasteiger partial charge in [0.2, 0.25) is 5.82 Å². The Morgan fingerprint density at radius 2 is 1.97 bits per heavy atom. The summed E-state index contributed by atoms with van der Waals surface area (Å²) in [7, 11) is 0. The van der Waals surface area contributed by atoms with Crippen LogP contribution in [0.4, 0.5) is 24.7 Å². The molecule has 0 bridgehead atoms. The van der Waals surface area contributed by atoms with E-state index in [0.29, 0.717) is 18.7 Å². The van der Waals surface area contributed by atoms with Gasteiger partial charge in [-0.15, -0.1) is 0 Å². The predicted octanol–water partition coefficient (Wildman–Crippen LogP) is 2.50. The second-order valence-corrected chi connectivity index (χ2v) is 7.00. The van der Waals surface area contributed by atoms with Crippen molar-refractivity contribution in [1.29, 1.82) is 0 Å². The number of halogens is 3. The molecule has 4 rings (SSSR count). The number of alkyl halides is 3.